The van der Waals surface area contributed by atoms with Crippen LogP contribution in [0.2, 0.25) is 5.02 Å². The van der Waals surface area contributed by atoms with E-state index in [0.717, 1.165) is 18.4 Å². The number of rotatable bonds is 5. The van der Waals surface area contributed by atoms with E-state index in [0.29, 0.717) is 17.3 Å². The number of amides is 2. The molecule has 1 saturated carbocycles. The van der Waals surface area contributed by atoms with E-state index in [2.05, 4.69) is 5.32 Å². The minimum Gasteiger partial charge on any atom is -0.317 e. The maximum Gasteiger partial charge on any atom is 0.322 e. The lowest BCUT2D eigenvalue weighted by Crippen LogP contribution is -2.36. The highest BCUT2D eigenvalue weighted by Gasteiger charge is 2.32. The number of urea groups is 1. The Morgan fingerprint density at radius 2 is 1.96 bits per heavy atom. The van der Waals surface area contributed by atoms with Gasteiger partial charge in [-0.1, -0.05) is 29.8 Å². The number of nitrogens with zero attached hydrogens (tertiary/aromatic N) is 2. The van der Waals surface area contributed by atoms with Gasteiger partial charge in [0.05, 0.1) is 4.92 Å². The number of hydrogen-bond acceptors (Lipinski definition) is 3. The van der Waals surface area contributed by atoms with Crippen molar-refractivity contribution in [3.63, 3.8) is 0 Å². The van der Waals surface area contributed by atoms with Crippen molar-refractivity contribution < 1.29 is 9.72 Å². The molecule has 7 heteroatoms. The SMILES string of the molecule is O=C(Nc1cccc(Cl)c1)N(Cc1ccc([N+](=O)[O-])cc1)C1CC1. The number of nitro benzene ring substituents is 1. The first-order valence-corrected chi connectivity index (χ1v) is 7.97. The second kappa shape index (κ2) is 6.88. The number of carbonyl (C=O) groups is 1. The highest BCUT2D eigenvalue weighted by Crippen LogP contribution is 2.29. The Bertz CT molecular complexity index is 760. The molecule has 1 aliphatic rings. The first-order chi connectivity index (χ1) is 11.5. The Morgan fingerprint density at radius 3 is 2.54 bits per heavy atom. The number of anilines is 1. The quantitative estimate of drug-likeness (QED) is 0.642. The van der Waals surface area contributed by atoms with Crippen molar-refractivity contribution >= 4 is 29.0 Å². The van der Waals surface area contributed by atoms with Crippen LogP contribution in [0.25, 0.3) is 0 Å². The van der Waals surface area contributed by atoms with Crippen LogP contribution < -0.4 is 5.32 Å². The summed E-state index contributed by atoms with van der Waals surface area (Å²) in [5, 5.41) is 14.1. The van der Waals surface area contributed by atoms with Crippen molar-refractivity contribution in [3.05, 3.63) is 69.2 Å². The summed E-state index contributed by atoms with van der Waals surface area (Å²) >= 11 is 5.93. The highest BCUT2D eigenvalue weighted by atomic mass is 35.5. The zero-order valence-electron chi connectivity index (χ0n) is 12.8. The predicted molar refractivity (Wildman–Crippen MR) is 92.1 cm³/mol. The third-order valence-electron chi connectivity index (χ3n) is 3.82. The molecule has 2 aromatic rings. The molecule has 2 aromatic carbocycles. The van der Waals surface area contributed by atoms with Gasteiger partial charge in [-0.3, -0.25) is 10.1 Å². The van der Waals surface area contributed by atoms with Gasteiger partial charge in [0.25, 0.3) is 5.69 Å². The van der Waals surface area contributed by atoms with Crippen molar-refractivity contribution in [3.8, 4) is 0 Å². The van der Waals surface area contributed by atoms with Crippen LogP contribution in [0.1, 0.15) is 18.4 Å². The van der Waals surface area contributed by atoms with E-state index in [1.165, 1.54) is 12.1 Å². The van der Waals surface area contributed by atoms with Gasteiger partial charge in [-0.25, -0.2) is 4.79 Å². The van der Waals surface area contributed by atoms with Crippen LogP contribution in [0.15, 0.2) is 48.5 Å². The molecule has 124 valence electrons. The first kappa shape index (κ1) is 16.3. The van der Waals surface area contributed by atoms with E-state index < -0.39 is 4.92 Å². The Balaban J connectivity index is 1.70. The fraction of sp³-hybridized carbons (Fsp3) is 0.235. The van der Waals surface area contributed by atoms with Gasteiger partial charge in [0.1, 0.15) is 0 Å². The van der Waals surface area contributed by atoms with Crippen molar-refractivity contribution in [2.45, 2.75) is 25.4 Å². The van der Waals surface area contributed by atoms with Gasteiger partial charge >= 0.3 is 6.03 Å². The summed E-state index contributed by atoms with van der Waals surface area (Å²) in [6.45, 7) is 0.412. The summed E-state index contributed by atoms with van der Waals surface area (Å²) in [5.74, 6) is 0. The lowest BCUT2D eigenvalue weighted by atomic mass is 10.2. The summed E-state index contributed by atoms with van der Waals surface area (Å²) in [6.07, 6.45) is 1.94. The average Bonchev–Trinajstić information content (AvgIpc) is 3.37. The molecule has 0 heterocycles. The van der Waals surface area contributed by atoms with Crippen LogP contribution in [0.5, 0.6) is 0 Å². The van der Waals surface area contributed by atoms with E-state index in [1.54, 1.807) is 41.3 Å². The molecule has 0 spiro atoms. The summed E-state index contributed by atoms with van der Waals surface area (Å²) in [6, 6.07) is 13.3. The van der Waals surface area contributed by atoms with E-state index in [9.17, 15) is 14.9 Å². The van der Waals surface area contributed by atoms with Crippen LogP contribution in [0.3, 0.4) is 0 Å². The maximum absolute atomic E-state index is 12.5. The van der Waals surface area contributed by atoms with Gasteiger partial charge in [-0.15, -0.1) is 0 Å². The molecule has 0 aliphatic heterocycles. The molecule has 0 radical (unpaired) electrons. The minimum atomic E-state index is -0.436. The fourth-order valence-electron chi connectivity index (χ4n) is 2.43. The fourth-order valence-corrected chi connectivity index (χ4v) is 2.62. The third kappa shape index (κ3) is 4.02. The predicted octanol–water partition coefficient (Wildman–Crippen LogP) is 4.44. The first-order valence-electron chi connectivity index (χ1n) is 7.59. The summed E-state index contributed by atoms with van der Waals surface area (Å²) < 4.78 is 0. The molecule has 3 rings (SSSR count). The minimum absolute atomic E-state index is 0.0418. The molecule has 0 unspecified atom stereocenters. The zero-order chi connectivity index (χ0) is 17.1. The van der Waals surface area contributed by atoms with Crippen molar-refractivity contribution in [2.24, 2.45) is 0 Å². The van der Waals surface area contributed by atoms with E-state index >= 15 is 0 Å². The third-order valence-corrected chi connectivity index (χ3v) is 4.06. The van der Waals surface area contributed by atoms with Gasteiger partial charge in [-0.05, 0) is 36.6 Å². The van der Waals surface area contributed by atoms with E-state index in [4.69, 9.17) is 11.6 Å². The number of benzene rings is 2. The van der Waals surface area contributed by atoms with E-state index in [1.807, 2.05) is 0 Å². The smallest absolute Gasteiger partial charge is 0.317 e. The molecule has 0 saturated heterocycles. The van der Waals surface area contributed by atoms with Gasteiger partial charge in [0, 0.05) is 35.4 Å². The lowest BCUT2D eigenvalue weighted by Gasteiger charge is -2.23. The Labute approximate surface area is 144 Å². The van der Waals surface area contributed by atoms with Crippen LogP contribution in [0.4, 0.5) is 16.2 Å². The van der Waals surface area contributed by atoms with Crippen LogP contribution in [0, 0.1) is 10.1 Å². The molecule has 1 N–H and O–H groups in total. The van der Waals surface area contributed by atoms with Crippen molar-refractivity contribution in [1.29, 1.82) is 0 Å². The van der Waals surface area contributed by atoms with E-state index in [-0.39, 0.29) is 17.8 Å². The van der Waals surface area contributed by atoms with Crippen LogP contribution in [-0.4, -0.2) is 21.9 Å². The molecule has 24 heavy (non-hydrogen) atoms. The number of non-ortho nitro benzene ring substituents is 1. The summed E-state index contributed by atoms with van der Waals surface area (Å²) in [4.78, 5) is 24.6. The molecule has 1 fully saturated rings. The molecule has 0 aromatic heterocycles. The van der Waals surface area contributed by atoms with Gasteiger partial charge in [0.15, 0.2) is 0 Å². The molecule has 1 aliphatic carbocycles. The number of hydrogen-bond donors (Lipinski definition) is 1. The Morgan fingerprint density at radius 1 is 1.25 bits per heavy atom. The number of carbonyl (C=O) groups excluding carboxylic acids is 1. The van der Waals surface area contributed by atoms with Crippen LogP contribution >= 0.6 is 11.6 Å². The second-order valence-electron chi connectivity index (χ2n) is 5.72. The standard InChI is InChI=1S/C17H16ClN3O3/c18-13-2-1-3-14(10-13)19-17(22)20(15-8-9-15)11-12-4-6-16(7-5-12)21(23)24/h1-7,10,15H,8-9,11H2,(H,19,22). The highest BCUT2D eigenvalue weighted by molar-refractivity contribution is 6.30. The Kier molecular flexibility index (Phi) is 4.66. The molecular weight excluding hydrogens is 330 g/mol. The molecule has 0 bridgehead atoms. The summed E-state index contributed by atoms with van der Waals surface area (Å²) in [7, 11) is 0. The summed E-state index contributed by atoms with van der Waals surface area (Å²) in [5.41, 5.74) is 1.54. The van der Waals surface area contributed by atoms with Crippen molar-refractivity contribution in [1.82, 2.24) is 4.90 Å². The molecular formula is C17H16ClN3O3. The molecule has 2 amide bonds. The van der Waals surface area contributed by atoms with Gasteiger partial charge in [0.2, 0.25) is 0 Å². The number of nitro groups is 1. The largest absolute Gasteiger partial charge is 0.322 e. The number of halogens is 1. The Hall–Kier alpha value is -2.60. The normalized spacial score (nSPS) is 13.4. The second-order valence-corrected chi connectivity index (χ2v) is 6.16. The zero-order valence-corrected chi connectivity index (χ0v) is 13.6. The maximum atomic E-state index is 12.5. The van der Waals surface area contributed by atoms with Crippen LogP contribution in [-0.2, 0) is 6.54 Å². The topological polar surface area (TPSA) is 75.5 Å². The number of nitrogens with one attached hydrogen (secondary N) is 1. The van der Waals surface area contributed by atoms with Gasteiger partial charge < -0.3 is 10.2 Å². The lowest BCUT2D eigenvalue weighted by molar-refractivity contribution is -0.384. The van der Waals surface area contributed by atoms with Crippen molar-refractivity contribution in [2.75, 3.05) is 5.32 Å². The monoisotopic (exact) mass is 345 g/mol. The molecule has 6 nitrogen and oxygen atoms in total. The van der Waals surface area contributed by atoms with Gasteiger partial charge in [-0.2, -0.15) is 0 Å². The molecule has 0 atom stereocenters. The average molecular weight is 346 g/mol.